The van der Waals surface area contributed by atoms with E-state index in [1.54, 1.807) is 0 Å². The summed E-state index contributed by atoms with van der Waals surface area (Å²) in [4.78, 5) is 0. The number of hydrogen-bond donors (Lipinski definition) is 1. The fourth-order valence-electron chi connectivity index (χ4n) is 0.936. The van der Waals surface area contributed by atoms with Crippen molar-refractivity contribution >= 4 is 56.4 Å². The average Bonchev–Trinajstić information content (AvgIpc) is 2.24. The van der Waals surface area contributed by atoms with E-state index in [9.17, 15) is 0 Å². The lowest BCUT2D eigenvalue weighted by Gasteiger charge is -2.10. The molecule has 0 atom stereocenters. The van der Waals surface area contributed by atoms with Crippen LogP contribution in [0.15, 0.2) is 27.7 Å². The van der Waals surface area contributed by atoms with E-state index >= 15 is 0 Å². The van der Waals surface area contributed by atoms with Crippen molar-refractivity contribution in [2.24, 2.45) is 0 Å². The monoisotopic (exact) mass is 327 g/mol. The lowest BCUT2D eigenvalue weighted by molar-refractivity contribution is 1.21. The van der Waals surface area contributed by atoms with Crippen LogP contribution in [0.4, 0.5) is 5.69 Å². The highest BCUT2D eigenvalue weighted by molar-refractivity contribution is 9.10. The molecule has 0 spiro atoms. The third kappa shape index (κ3) is 3.56. The van der Waals surface area contributed by atoms with Crippen LogP contribution in [0.5, 0.6) is 0 Å². The average molecular weight is 329 g/mol. The fraction of sp³-hybridized carbons (Fsp3) is 0.200. The molecule has 5 heteroatoms. The van der Waals surface area contributed by atoms with Crippen molar-refractivity contribution in [3.8, 4) is 0 Å². The molecule has 0 bridgehead atoms. The van der Waals surface area contributed by atoms with E-state index in [2.05, 4.69) is 21.2 Å². The normalized spacial score (nSPS) is 11.7. The minimum absolute atomic E-state index is 0.508. The van der Waals surface area contributed by atoms with Gasteiger partial charge in [0.25, 0.3) is 0 Å². The second-order valence-corrected chi connectivity index (χ2v) is 4.86. The van der Waals surface area contributed by atoms with Gasteiger partial charge in [-0.15, -0.1) is 0 Å². The van der Waals surface area contributed by atoms with Crippen LogP contribution in [0.3, 0.4) is 0 Å². The molecule has 0 aliphatic carbocycles. The smallest absolute Gasteiger partial charge is 0.0835 e. The van der Waals surface area contributed by atoms with Gasteiger partial charge in [0.15, 0.2) is 0 Å². The molecule has 1 N–H and O–H groups in total. The summed E-state index contributed by atoms with van der Waals surface area (Å²) < 4.78 is 0.782. The van der Waals surface area contributed by atoms with Crippen LogP contribution in [-0.2, 0) is 0 Å². The van der Waals surface area contributed by atoms with E-state index in [0.717, 1.165) is 15.7 Å². The van der Waals surface area contributed by atoms with Crippen LogP contribution in [0.25, 0.3) is 0 Å². The molecule has 0 saturated carbocycles. The molecule has 0 heterocycles. The Balaban J connectivity index is 2.83. The standard InChI is InChI=1S/C10H9BrCl3N/c1-6(4-12)5-15-8-3-2-7(11)9(13)10(8)14/h2-4,15H,5H2,1H3/b6-4-. The minimum Gasteiger partial charge on any atom is -0.380 e. The predicted molar refractivity (Wildman–Crippen MR) is 72.3 cm³/mol. The Kier molecular flexibility index (Phi) is 5.27. The molecule has 0 fully saturated rings. The maximum atomic E-state index is 6.05. The summed E-state index contributed by atoms with van der Waals surface area (Å²) in [5.41, 5.74) is 3.34. The molecule has 82 valence electrons. The van der Waals surface area contributed by atoms with Gasteiger partial charge in [-0.3, -0.25) is 0 Å². The van der Waals surface area contributed by atoms with E-state index in [-0.39, 0.29) is 0 Å². The summed E-state index contributed by atoms with van der Waals surface area (Å²) >= 11 is 20.9. The van der Waals surface area contributed by atoms with Gasteiger partial charge in [0.2, 0.25) is 0 Å². The van der Waals surface area contributed by atoms with Gasteiger partial charge in [0.05, 0.1) is 15.7 Å². The van der Waals surface area contributed by atoms with Gasteiger partial charge < -0.3 is 5.32 Å². The first-order valence-electron chi connectivity index (χ1n) is 4.19. The van der Waals surface area contributed by atoms with Gasteiger partial charge in [-0.05, 0) is 40.6 Å². The molecule has 1 rings (SSSR count). The van der Waals surface area contributed by atoms with Gasteiger partial charge >= 0.3 is 0 Å². The number of nitrogens with one attached hydrogen (secondary N) is 1. The second kappa shape index (κ2) is 6.00. The van der Waals surface area contributed by atoms with Crippen LogP contribution < -0.4 is 5.32 Å². The van der Waals surface area contributed by atoms with Crippen molar-refractivity contribution in [3.63, 3.8) is 0 Å². The molecular weight excluding hydrogens is 320 g/mol. The quantitative estimate of drug-likeness (QED) is 0.741. The Labute approximate surface area is 113 Å². The summed E-state index contributed by atoms with van der Waals surface area (Å²) in [6, 6.07) is 3.70. The lowest BCUT2D eigenvalue weighted by Crippen LogP contribution is -2.02. The third-order valence-electron chi connectivity index (χ3n) is 1.78. The van der Waals surface area contributed by atoms with E-state index < -0.39 is 0 Å². The number of hydrogen-bond acceptors (Lipinski definition) is 1. The Morgan fingerprint density at radius 3 is 2.67 bits per heavy atom. The van der Waals surface area contributed by atoms with E-state index in [1.165, 1.54) is 5.54 Å². The molecule has 0 unspecified atom stereocenters. The predicted octanol–water partition coefficient (Wildman–Crippen LogP) is 5.31. The van der Waals surface area contributed by atoms with Crippen LogP contribution >= 0.6 is 50.7 Å². The van der Waals surface area contributed by atoms with Crippen molar-refractivity contribution < 1.29 is 0 Å². The van der Waals surface area contributed by atoms with Gasteiger partial charge in [0.1, 0.15) is 0 Å². The summed E-state index contributed by atoms with van der Waals surface area (Å²) in [7, 11) is 0. The van der Waals surface area contributed by atoms with E-state index in [4.69, 9.17) is 34.8 Å². The van der Waals surface area contributed by atoms with Crippen LogP contribution in [0, 0.1) is 0 Å². The van der Waals surface area contributed by atoms with Gasteiger partial charge in [-0.2, -0.15) is 0 Å². The van der Waals surface area contributed by atoms with Gasteiger partial charge in [0, 0.05) is 16.6 Å². The molecule has 15 heavy (non-hydrogen) atoms. The molecule has 0 aliphatic rings. The molecule has 1 aromatic rings. The topological polar surface area (TPSA) is 12.0 Å². The minimum atomic E-state index is 0.508. The maximum absolute atomic E-state index is 6.05. The first kappa shape index (κ1) is 13.2. The number of rotatable bonds is 3. The van der Waals surface area contributed by atoms with Crippen molar-refractivity contribution in [1.82, 2.24) is 0 Å². The first-order valence-corrected chi connectivity index (χ1v) is 6.18. The van der Waals surface area contributed by atoms with Crippen LogP contribution in [0.1, 0.15) is 6.92 Å². The summed E-state index contributed by atoms with van der Waals surface area (Å²) in [5.74, 6) is 0. The molecule has 1 nitrogen and oxygen atoms in total. The number of halogens is 4. The Bertz CT molecular complexity index is 390. The summed E-state index contributed by atoms with van der Waals surface area (Å²) in [6.45, 7) is 2.57. The van der Waals surface area contributed by atoms with Gasteiger partial charge in [-0.1, -0.05) is 34.8 Å². The lowest BCUT2D eigenvalue weighted by atomic mass is 10.3. The molecular formula is C10H9BrCl3N. The number of benzene rings is 1. The molecule has 1 aromatic carbocycles. The van der Waals surface area contributed by atoms with E-state index in [0.29, 0.717) is 16.6 Å². The van der Waals surface area contributed by atoms with Gasteiger partial charge in [-0.25, -0.2) is 0 Å². The maximum Gasteiger partial charge on any atom is 0.0835 e. The highest BCUT2D eigenvalue weighted by Crippen LogP contribution is 2.35. The second-order valence-electron chi connectivity index (χ2n) is 3.03. The summed E-state index contributed by atoms with van der Waals surface area (Å²) in [5, 5.41) is 4.16. The third-order valence-corrected chi connectivity index (χ3v) is 3.92. The van der Waals surface area contributed by atoms with Crippen molar-refractivity contribution in [3.05, 3.63) is 37.8 Å². The van der Waals surface area contributed by atoms with Crippen molar-refractivity contribution in [2.75, 3.05) is 11.9 Å². The highest BCUT2D eigenvalue weighted by atomic mass is 79.9. The molecule has 0 saturated heterocycles. The first-order chi connectivity index (χ1) is 7.06. The van der Waals surface area contributed by atoms with Crippen molar-refractivity contribution in [1.29, 1.82) is 0 Å². The van der Waals surface area contributed by atoms with Crippen molar-refractivity contribution in [2.45, 2.75) is 6.92 Å². The number of anilines is 1. The summed E-state index contributed by atoms with van der Waals surface area (Å²) in [6.07, 6.45) is 0. The molecule has 0 aliphatic heterocycles. The zero-order chi connectivity index (χ0) is 11.4. The Hall–Kier alpha value is 0.110. The molecule has 0 aromatic heterocycles. The highest BCUT2D eigenvalue weighted by Gasteiger charge is 2.07. The fourth-order valence-corrected chi connectivity index (χ4v) is 1.85. The molecule has 0 amide bonds. The largest absolute Gasteiger partial charge is 0.380 e. The van der Waals surface area contributed by atoms with Crippen LogP contribution in [-0.4, -0.2) is 6.54 Å². The Morgan fingerprint density at radius 2 is 2.07 bits per heavy atom. The van der Waals surface area contributed by atoms with Crippen LogP contribution in [0.2, 0.25) is 10.0 Å². The zero-order valence-corrected chi connectivity index (χ0v) is 11.8. The SMILES string of the molecule is C/C(=C/Cl)CNc1ccc(Br)c(Cl)c1Cl. The zero-order valence-electron chi connectivity index (χ0n) is 7.95. The molecule has 0 radical (unpaired) electrons. The Morgan fingerprint density at radius 1 is 1.40 bits per heavy atom. The van der Waals surface area contributed by atoms with E-state index in [1.807, 2.05) is 19.1 Å².